The molecule has 1 fully saturated rings. The molecule has 1 aromatic carbocycles. The SMILES string of the molecule is COc1cccc(N2CCC(F)(F)CC2)c1. The topological polar surface area (TPSA) is 12.5 Å². The third kappa shape index (κ3) is 2.43. The number of hydrogen-bond donors (Lipinski definition) is 0. The molecule has 1 heterocycles. The Morgan fingerprint density at radius 3 is 2.56 bits per heavy atom. The Labute approximate surface area is 93.8 Å². The summed E-state index contributed by atoms with van der Waals surface area (Å²) in [5, 5.41) is 0. The lowest BCUT2D eigenvalue weighted by atomic mass is 10.1. The van der Waals surface area contributed by atoms with E-state index in [1.54, 1.807) is 7.11 Å². The van der Waals surface area contributed by atoms with Gasteiger partial charge in [0.2, 0.25) is 0 Å². The minimum absolute atomic E-state index is 0.0653. The van der Waals surface area contributed by atoms with E-state index in [1.807, 2.05) is 29.2 Å². The highest BCUT2D eigenvalue weighted by molar-refractivity contribution is 5.51. The average Bonchev–Trinajstić information content (AvgIpc) is 2.29. The molecule has 1 saturated heterocycles. The Balaban J connectivity index is 2.08. The maximum atomic E-state index is 13.0. The first-order valence-electron chi connectivity index (χ1n) is 5.37. The van der Waals surface area contributed by atoms with Gasteiger partial charge in [-0.2, -0.15) is 0 Å². The van der Waals surface area contributed by atoms with E-state index in [0.29, 0.717) is 13.1 Å². The first kappa shape index (κ1) is 11.2. The predicted octanol–water partition coefficient (Wildman–Crippen LogP) is 2.93. The summed E-state index contributed by atoms with van der Waals surface area (Å²) in [7, 11) is 1.60. The third-order valence-corrected chi connectivity index (χ3v) is 2.91. The summed E-state index contributed by atoms with van der Waals surface area (Å²) >= 11 is 0. The summed E-state index contributed by atoms with van der Waals surface area (Å²) in [6.45, 7) is 0.806. The van der Waals surface area contributed by atoms with Gasteiger partial charge in [0.1, 0.15) is 5.75 Å². The molecule has 0 spiro atoms. The molecule has 2 rings (SSSR count). The molecule has 2 nitrogen and oxygen atoms in total. The standard InChI is InChI=1S/C12H15F2NO/c1-16-11-4-2-3-10(9-11)15-7-5-12(13,14)6-8-15/h2-4,9H,5-8H2,1H3. The van der Waals surface area contributed by atoms with Gasteiger partial charge in [-0.05, 0) is 12.1 Å². The number of methoxy groups -OCH3 is 1. The second-order valence-corrected chi connectivity index (χ2v) is 4.04. The maximum absolute atomic E-state index is 13.0. The van der Waals surface area contributed by atoms with Crippen LogP contribution in [0.4, 0.5) is 14.5 Å². The van der Waals surface area contributed by atoms with Crippen LogP contribution in [0.2, 0.25) is 0 Å². The molecule has 16 heavy (non-hydrogen) atoms. The van der Waals surface area contributed by atoms with Gasteiger partial charge >= 0.3 is 0 Å². The summed E-state index contributed by atoms with van der Waals surface area (Å²) in [5.74, 6) is -1.73. The number of ether oxygens (including phenoxy) is 1. The number of alkyl halides is 2. The largest absolute Gasteiger partial charge is 0.497 e. The van der Waals surface area contributed by atoms with Crippen molar-refractivity contribution < 1.29 is 13.5 Å². The highest BCUT2D eigenvalue weighted by Crippen LogP contribution is 2.31. The molecule has 0 atom stereocenters. The number of benzene rings is 1. The van der Waals surface area contributed by atoms with Crippen LogP contribution in [0.3, 0.4) is 0 Å². The van der Waals surface area contributed by atoms with Crippen molar-refractivity contribution in [1.29, 1.82) is 0 Å². The van der Waals surface area contributed by atoms with Crippen LogP contribution < -0.4 is 9.64 Å². The maximum Gasteiger partial charge on any atom is 0.251 e. The van der Waals surface area contributed by atoms with Crippen LogP contribution in [0, 0.1) is 0 Å². The third-order valence-electron chi connectivity index (χ3n) is 2.91. The van der Waals surface area contributed by atoms with Gasteiger partial charge in [0, 0.05) is 37.7 Å². The number of halogens is 2. The normalized spacial score (nSPS) is 19.6. The zero-order valence-corrected chi connectivity index (χ0v) is 9.25. The van der Waals surface area contributed by atoms with Crippen molar-refractivity contribution >= 4 is 5.69 Å². The number of rotatable bonds is 2. The molecule has 1 aliphatic rings. The van der Waals surface area contributed by atoms with Gasteiger partial charge in [0.25, 0.3) is 5.92 Å². The van der Waals surface area contributed by atoms with Crippen molar-refractivity contribution in [3.05, 3.63) is 24.3 Å². The van der Waals surface area contributed by atoms with Crippen molar-refractivity contribution in [2.75, 3.05) is 25.1 Å². The van der Waals surface area contributed by atoms with Crippen LogP contribution in [-0.2, 0) is 0 Å². The van der Waals surface area contributed by atoms with Crippen LogP contribution in [-0.4, -0.2) is 26.1 Å². The van der Waals surface area contributed by atoms with Crippen LogP contribution in [0.1, 0.15) is 12.8 Å². The van der Waals surface area contributed by atoms with E-state index in [9.17, 15) is 8.78 Å². The van der Waals surface area contributed by atoms with Gasteiger partial charge < -0.3 is 9.64 Å². The summed E-state index contributed by atoms with van der Waals surface area (Å²) in [6, 6.07) is 7.53. The van der Waals surface area contributed by atoms with E-state index in [-0.39, 0.29) is 12.8 Å². The van der Waals surface area contributed by atoms with Crippen molar-refractivity contribution in [3.63, 3.8) is 0 Å². The van der Waals surface area contributed by atoms with Gasteiger partial charge in [-0.1, -0.05) is 6.07 Å². The molecule has 0 N–H and O–H groups in total. The minimum atomic E-state index is -2.49. The lowest BCUT2D eigenvalue weighted by Crippen LogP contribution is -2.39. The van der Waals surface area contributed by atoms with Crippen molar-refractivity contribution in [1.82, 2.24) is 0 Å². The molecule has 4 heteroatoms. The Hall–Kier alpha value is -1.32. The molecule has 0 aromatic heterocycles. The Bertz CT molecular complexity index is 358. The van der Waals surface area contributed by atoms with Crippen LogP contribution in [0.15, 0.2) is 24.3 Å². The monoisotopic (exact) mass is 227 g/mol. The van der Waals surface area contributed by atoms with E-state index in [1.165, 1.54) is 0 Å². The lowest BCUT2D eigenvalue weighted by molar-refractivity contribution is -0.0220. The first-order valence-corrected chi connectivity index (χ1v) is 5.37. The Morgan fingerprint density at radius 1 is 1.25 bits per heavy atom. The fraction of sp³-hybridized carbons (Fsp3) is 0.500. The quantitative estimate of drug-likeness (QED) is 0.770. The lowest BCUT2D eigenvalue weighted by Gasteiger charge is -2.33. The average molecular weight is 227 g/mol. The molecule has 1 aromatic rings. The van der Waals surface area contributed by atoms with Crippen LogP contribution in [0.25, 0.3) is 0 Å². The van der Waals surface area contributed by atoms with Crippen molar-refractivity contribution in [3.8, 4) is 5.75 Å². The Kier molecular flexibility index (Phi) is 2.99. The molecule has 0 amide bonds. The molecule has 1 aliphatic heterocycles. The molecule has 88 valence electrons. The molecule has 0 unspecified atom stereocenters. The number of piperidine rings is 1. The van der Waals surface area contributed by atoms with Gasteiger partial charge in [0.05, 0.1) is 7.11 Å². The minimum Gasteiger partial charge on any atom is -0.497 e. The van der Waals surface area contributed by atoms with Crippen LogP contribution >= 0.6 is 0 Å². The smallest absolute Gasteiger partial charge is 0.251 e. The zero-order chi connectivity index (χ0) is 11.6. The first-order chi connectivity index (χ1) is 7.61. The molecular formula is C12H15F2NO. The van der Waals surface area contributed by atoms with Crippen molar-refractivity contribution in [2.45, 2.75) is 18.8 Å². The zero-order valence-electron chi connectivity index (χ0n) is 9.25. The van der Waals surface area contributed by atoms with E-state index in [0.717, 1.165) is 11.4 Å². The summed E-state index contributed by atoms with van der Waals surface area (Å²) in [4.78, 5) is 1.97. The second-order valence-electron chi connectivity index (χ2n) is 4.04. The number of anilines is 1. The van der Waals surface area contributed by atoms with Gasteiger partial charge in [-0.3, -0.25) is 0 Å². The molecular weight excluding hydrogens is 212 g/mol. The van der Waals surface area contributed by atoms with E-state index >= 15 is 0 Å². The number of nitrogens with zero attached hydrogens (tertiary/aromatic N) is 1. The van der Waals surface area contributed by atoms with Crippen molar-refractivity contribution in [2.24, 2.45) is 0 Å². The van der Waals surface area contributed by atoms with E-state index in [2.05, 4.69) is 0 Å². The summed E-state index contributed by atoms with van der Waals surface area (Å²) in [6.07, 6.45) is -0.131. The Morgan fingerprint density at radius 2 is 1.94 bits per heavy atom. The highest BCUT2D eigenvalue weighted by atomic mass is 19.3. The molecule has 0 aliphatic carbocycles. The summed E-state index contributed by atoms with van der Waals surface area (Å²) in [5.41, 5.74) is 0.954. The predicted molar refractivity (Wildman–Crippen MR) is 59.4 cm³/mol. The molecule has 0 saturated carbocycles. The van der Waals surface area contributed by atoms with Crippen LogP contribution in [0.5, 0.6) is 5.75 Å². The highest BCUT2D eigenvalue weighted by Gasteiger charge is 2.33. The second kappa shape index (κ2) is 4.28. The van der Waals surface area contributed by atoms with Gasteiger partial charge in [0.15, 0.2) is 0 Å². The molecule has 0 radical (unpaired) electrons. The van der Waals surface area contributed by atoms with E-state index in [4.69, 9.17) is 4.74 Å². The van der Waals surface area contributed by atoms with Gasteiger partial charge in [-0.25, -0.2) is 8.78 Å². The van der Waals surface area contributed by atoms with E-state index < -0.39 is 5.92 Å². The number of hydrogen-bond acceptors (Lipinski definition) is 2. The van der Waals surface area contributed by atoms with Gasteiger partial charge in [-0.15, -0.1) is 0 Å². The fourth-order valence-corrected chi connectivity index (χ4v) is 1.90. The molecule has 0 bridgehead atoms. The summed E-state index contributed by atoms with van der Waals surface area (Å²) < 4.78 is 31.1. The fourth-order valence-electron chi connectivity index (χ4n) is 1.90.